The molecule has 0 aliphatic rings. The standard InChI is InChI=1S/C10H10N2O3/c11-12-9(10(14)15)8(6-13)7-4-2-1-3-5-7/h1-5,9,12H,11H2,(H,14,15)/t9-/m0/s1. The number of carboxylic acid groups (broad SMARTS) is 1. The van der Waals surface area contributed by atoms with E-state index in [0.29, 0.717) is 5.56 Å². The van der Waals surface area contributed by atoms with Crippen molar-refractivity contribution < 1.29 is 14.7 Å². The van der Waals surface area contributed by atoms with Crippen molar-refractivity contribution in [1.29, 1.82) is 0 Å². The van der Waals surface area contributed by atoms with E-state index < -0.39 is 12.0 Å². The highest BCUT2D eigenvalue weighted by molar-refractivity contribution is 6.01. The van der Waals surface area contributed by atoms with E-state index in [2.05, 4.69) is 5.43 Å². The second kappa shape index (κ2) is 5.07. The maximum Gasteiger partial charge on any atom is 0.327 e. The Kier molecular flexibility index (Phi) is 3.76. The highest BCUT2D eigenvalue weighted by atomic mass is 16.4. The van der Waals surface area contributed by atoms with Gasteiger partial charge in [-0.25, -0.2) is 10.2 Å². The number of rotatable bonds is 4. The van der Waals surface area contributed by atoms with E-state index in [1.807, 2.05) is 0 Å². The van der Waals surface area contributed by atoms with Gasteiger partial charge < -0.3 is 5.11 Å². The average Bonchev–Trinajstić information content (AvgIpc) is 2.26. The van der Waals surface area contributed by atoms with Crippen LogP contribution in [0, 0.1) is 0 Å². The van der Waals surface area contributed by atoms with Crippen LogP contribution in [-0.2, 0) is 9.59 Å². The first-order chi connectivity index (χ1) is 7.20. The molecule has 0 amide bonds. The van der Waals surface area contributed by atoms with Crippen LogP contribution in [0.1, 0.15) is 5.56 Å². The third-order valence-corrected chi connectivity index (χ3v) is 1.90. The van der Waals surface area contributed by atoms with Crippen LogP contribution in [0.5, 0.6) is 0 Å². The summed E-state index contributed by atoms with van der Waals surface area (Å²) in [5, 5.41) is 8.79. The Hall–Kier alpha value is -1.94. The Morgan fingerprint density at radius 3 is 2.40 bits per heavy atom. The number of nitrogens with one attached hydrogen (secondary N) is 1. The Morgan fingerprint density at radius 2 is 2.00 bits per heavy atom. The van der Waals surface area contributed by atoms with Gasteiger partial charge in [0.05, 0.1) is 5.57 Å². The molecule has 0 heterocycles. The average molecular weight is 206 g/mol. The molecule has 0 aromatic heterocycles. The molecule has 5 nitrogen and oxygen atoms in total. The third-order valence-electron chi connectivity index (χ3n) is 1.90. The van der Waals surface area contributed by atoms with Crippen molar-refractivity contribution in [3.05, 3.63) is 35.9 Å². The lowest BCUT2D eigenvalue weighted by molar-refractivity contribution is -0.137. The number of aliphatic carboxylic acids is 1. The summed E-state index contributed by atoms with van der Waals surface area (Å²) in [4.78, 5) is 21.5. The molecule has 0 fully saturated rings. The maximum absolute atomic E-state index is 10.8. The third kappa shape index (κ3) is 2.51. The van der Waals surface area contributed by atoms with Crippen molar-refractivity contribution >= 4 is 17.5 Å². The fraction of sp³-hybridized carbons (Fsp3) is 0.100. The second-order valence-electron chi connectivity index (χ2n) is 2.82. The normalized spacial score (nSPS) is 11.5. The molecule has 0 saturated carbocycles. The molecule has 0 bridgehead atoms. The first kappa shape index (κ1) is 11.1. The SMILES string of the molecule is NN[C@H](C(=O)O)C(=C=O)c1ccccc1. The molecule has 0 aliphatic heterocycles. The second-order valence-corrected chi connectivity index (χ2v) is 2.82. The summed E-state index contributed by atoms with van der Waals surface area (Å²) in [6, 6.07) is 7.15. The Morgan fingerprint density at radius 1 is 1.40 bits per heavy atom. The van der Waals surface area contributed by atoms with E-state index in [1.165, 1.54) is 0 Å². The van der Waals surface area contributed by atoms with Crippen LogP contribution in [0.2, 0.25) is 0 Å². The van der Waals surface area contributed by atoms with E-state index in [0.717, 1.165) is 0 Å². The predicted molar refractivity (Wildman–Crippen MR) is 54.3 cm³/mol. The molecule has 78 valence electrons. The van der Waals surface area contributed by atoms with Gasteiger partial charge in [-0.05, 0) is 5.56 Å². The smallest absolute Gasteiger partial charge is 0.327 e. The summed E-state index contributed by atoms with van der Waals surface area (Å²) in [5.74, 6) is 5.43. The van der Waals surface area contributed by atoms with Crippen LogP contribution in [0.4, 0.5) is 0 Å². The summed E-state index contributed by atoms with van der Waals surface area (Å²) >= 11 is 0. The number of carbonyl (C=O) groups excluding carboxylic acids is 1. The van der Waals surface area contributed by atoms with Gasteiger partial charge in [0.25, 0.3) is 0 Å². The fourth-order valence-corrected chi connectivity index (χ4v) is 1.18. The zero-order chi connectivity index (χ0) is 11.3. The lowest BCUT2D eigenvalue weighted by atomic mass is 10.0. The van der Waals surface area contributed by atoms with Gasteiger partial charge in [-0.1, -0.05) is 30.3 Å². The molecule has 5 heteroatoms. The molecule has 0 unspecified atom stereocenters. The molecule has 4 N–H and O–H groups in total. The quantitative estimate of drug-likeness (QED) is 0.361. The number of benzene rings is 1. The fourth-order valence-electron chi connectivity index (χ4n) is 1.18. The number of hydrogen-bond acceptors (Lipinski definition) is 4. The molecule has 0 radical (unpaired) electrons. The minimum atomic E-state index is -1.25. The zero-order valence-corrected chi connectivity index (χ0v) is 7.81. The molecule has 0 aliphatic carbocycles. The van der Waals surface area contributed by atoms with Crippen LogP contribution in [0.3, 0.4) is 0 Å². The molecule has 15 heavy (non-hydrogen) atoms. The lowest BCUT2D eigenvalue weighted by Gasteiger charge is -2.11. The number of hydrogen-bond donors (Lipinski definition) is 3. The van der Waals surface area contributed by atoms with Crippen LogP contribution in [0.15, 0.2) is 30.3 Å². The Balaban J connectivity index is 3.10. The van der Waals surface area contributed by atoms with Crippen LogP contribution >= 0.6 is 0 Å². The van der Waals surface area contributed by atoms with Gasteiger partial charge in [-0.3, -0.25) is 10.6 Å². The van der Waals surface area contributed by atoms with Gasteiger partial charge in [-0.2, -0.15) is 0 Å². The minimum Gasteiger partial charge on any atom is -0.480 e. The van der Waals surface area contributed by atoms with E-state index in [4.69, 9.17) is 10.9 Å². The Bertz CT molecular complexity index is 396. The highest BCUT2D eigenvalue weighted by Gasteiger charge is 2.22. The summed E-state index contributed by atoms with van der Waals surface area (Å²) in [6.45, 7) is 0. The van der Waals surface area contributed by atoms with E-state index in [1.54, 1.807) is 36.3 Å². The summed E-state index contributed by atoms with van der Waals surface area (Å²) in [5.41, 5.74) is 2.51. The first-order valence-electron chi connectivity index (χ1n) is 4.20. The van der Waals surface area contributed by atoms with Crippen molar-refractivity contribution in [2.75, 3.05) is 0 Å². The summed E-state index contributed by atoms with van der Waals surface area (Å²) < 4.78 is 0. The number of hydrazine groups is 1. The van der Waals surface area contributed by atoms with Gasteiger partial charge >= 0.3 is 5.97 Å². The number of carbonyl (C=O) groups is 1. The molecule has 1 rings (SSSR count). The topological polar surface area (TPSA) is 92.4 Å². The van der Waals surface area contributed by atoms with E-state index in [-0.39, 0.29) is 5.57 Å². The zero-order valence-electron chi connectivity index (χ0n) is 7.81. The summed E-state index contributed by atoms with van der Waals surface area (Å²) in [7, 11) is 0. The van der Waals surface area contributed by atoms with Crippen molar-refractivity contribution in [3.63, 3.8) is 0 Å². The monoisotopic (exact) mass is 206 g/mol. The highest BCUT2D eigenvalue weighted by Crippen LogP contribution is 2.14. The van der Waals surface area contributed by atoms with Crippen LogP contribution in [0.25, 0.3) is 5.57 Å². The largest absolute Gasteiger partial charge is 0.480 e. The van der Waals surface area contributed by atoms with E-state index in [9.17, 15) is 9.59 Å². The molecule has 0 saturated heterocycles. The minimum absolute atomic E-state index is 0.0226. The molecular weight excluding hydrogens is 196 g/mol. The first-order valence-corrected chi connectivity index (χ1v) is 4.20. The molecule has 1 aromatic rings. The van der Waals surface area contributed by atoms with Gasteiger partial charge in [0, 0.05) is 0 Å². The maximum atomic E-state index is 10.8. The number of carboxylic acids is 1. The molecule has 1 atom stereocenters. The number of nitrogens with two attached hydrogens (primary N) is 1. The van der Waals surface area contributed by atoms with Crippen LogP contribution in [-0.4, -0.2) is 23.1 Å². The van der Waals surface area contributed by atoms with Gasteiger partial charge in [0.2, 0.25) is 0 Å². The molecular formula is C10H10N2O3. The molecule has 0 spiro atoms. The summed E-state index contributed by atoms with van der Waals surface area (Å²) in [6.07, 6.45) is 0. The van der Waals surface area contributed by atoms with Gasteiger partial charge in [0.1, 0.15) is 5.94 Å². The van der Waals surface area contributed by atoms with Gasteiger partial charge in [-0.15, -0.1) is 0 Å². The van der Waals surface area contributed by atoms with Gasteiger partial charge in [0.15, 0.2) is 6.04 Å². The van der Waals surface area contributed by atoms with Crippen molar-refractivity contribution in [2.45, 2.75) is 6.04 Å². The predicted octanol–water partition coefficient (Wildman–Crippen LogP) is -0.182. The Labute approximate surface area is 86.2 Å². The van der Waals surface area contributed by atoms with E-state index >= 15 is 0 Å². The van der Waals surface area contributed by atoms with Crippen LogP contribution < -0.4 is 11.3 Å². The van der Waals surface area contributed by atoms with Crippen molar-refractivity contribution in [3.8, 4) is 0 Å². The lowest BCUT2D eigenvalue weighted by Crippen LogP contribution is -2.42. The van der Waals surface area contributed by atoms with Crippen molar-refractivity contribution in [1.82, 2.24) is 5.43 Å². The van der Waals surface area contributed by atoms with Crippen molar-refractivity contribution in [2.24, 2.45) is 5.84 Å². The molecule has 1 aromatic carbocycles.